The Hall–Kier alpha value is -0.870. The molecule has 1 rings (SSSR count). The summed E-state index contributed by atoms with van der Waals surface area (Å²) in [5.41, 5.74) is 0.522. The van der Waals surface area contributed by atoms with Crippen LogP contribution in [0.25, 0.3) is 0 Å². The Morgan fingerprint density at radius 3 is 2.35 bits per heavy atom. The van der Waals surface area contributed by atoms with Crippen LogP contribution in [0, 0.1) is 5.92 Å². The van der Waals surface area contributed by atoms with E-state index in [4.69, 9.17) is 16.7 Å². The van der Waals surface area contributed by atoms with Crippen molar-refractivity contribution < 1.29 is 14.7 Å². The summed E-state index contributed by atoms with van der Waals surface area (Å²) in [5, 5.41) is 9.33. The molecule has 0 fully saturated rings. The summed E-state index contributed by atoms with van der Waals surface area (Å²) in [6.07, 6.45) is 0.261. The first-order chi connectivity index (χ1) is 7.91. The molecule has 0 aromatic heterocycles. The van der Waals surface area contributed by atoms with Crippen LogP contribution in [0.1, 0.15) is 23.7 Å². The number of ketones is 1. The Labute approximate surface area is 113 Å². The number of hydrogen-bond acceptors (Lipinski definition) is 2. The molecule has 1 aromatic rings. The molecule has 0 saturated heterocycles. The molecule has 0 aliphatic heterocycles. The zero-order valence-electron chi connectivity index (χ0n) is 9.19. The highest BCUT2D eigenvalue weighted by Crippen LogP contribution is 2.19. The molecule has 0 radical (unpaired) electrons. The number of rotatable bonds is 5. The Bertz CT molecular complexity index is 416. The lowest BCUT2D eigenvalue weighted by Crippen LogP contribution is -2.21. The molecule has 0 bridgehead atoms. The van der Waals surface area contributed by atoms with E-state index in [2.05, 4.69) is 15.9 Å². The number of carboxylic acids is 1. The second-order valence-corrected chi connectivity index (χ2v) is 5.36. The predicted molar refractivity (Wildman–Crippen MR) is 69.9 cm³/mol. The predicted octanol–water partition coefficient (Wildman–Crippen LogP) is 3.40. The van der Waals surface area contributed by atoms with E-state index in [0.717, 1.165) is 0 Å². The monoisotopic (exact) mass is 318 g/mol. The van der Waals surface area contributed by atoms with Gasteiger partial charge in [-0.2, -0.15) is 0 Å². The molecule has 92 valence electrons. The number of carbonyl (C=O) groups is 2. The average molecular weight is 320 g/mol. The van der Waals surface area contributed by atoms with Gasteiger partial charge in [-0.1, -0.05) is 34.5 Å². The van der Waals surface area contributed by atoms with Crippen LogP contribution in [0.5, 0.6) is 0 Å². The Morgan fingerprint density at radius 1 is 1.35 bits per heavy atom. The van der Waals surface area contributed by atoms with Gasteiger partial charge >= 0.3 is 5.97 Å². The van der Waals surface area contributed by atoms with Crippen LogP contribution < -0.4 is 0 Å². The third kappa shape index (κ3) is 4.13. The molecule has 17 heavy (non-hydrogen) atoms. The van der Waals surface area contributed by atoms with Crippen LogP contribution in [0.3, 0.4) is 0 Å². The third-order valence-corrected chi connectivity index (χ3v) is 3.44. The number of halogens is 2. The molecule has 0 amide bonds. The number of carboxylic acid groups (broad SMARTS) is 1. The van der Waals surface area contributed by atoms with Gasteiger partial charge in [-0.25, -0.2) is 0 Å². The van der Waals surface area contributed by atoms with Gasteiger partial charge in [-0.15, -0.1) is 0 Å². The molecule has 1 N–H and O–H groups in total. The van der Waals surface area contributed by atoms with Gasteiger partial charge in [0.15, 0.2) is 5.78 Å². The first-order valence-corrected chi connectivity index (χ1v) is 6.38. The highest BCUT2D eigenvalue weighted by atomic mass is 79.9. The fourth-order valence-corrected chi connectivity index (χ4v) is 2.26. The first-order valence-electron chi connectivity index (χ1n) is 5.08. The SMILES string of the molecule is CC(CC(Br)C(=O)c1ccc(Cl)cc1)C(=O)O. The lowest BCUT2D eigenvalue weighted by atomic mass is 10.00. The quantitative estimate of drug-likeness (QED) is 0.668. The van der Waals surface area contributed by atoms with E-state index in [0.29, 0.717) is 10.6 Å². The van der Waals surface area contributed by atoms with Gasteiger partial charge in [-0.3, -0.25) is 9.59 Å². The summed E-state index contributed by atoms with van der Waals surface area (Å²) in [4.78, 5) is 22.1. The number of Topliss-reactive ketones (excluding diaryl/α,β-unsaturated/α-hetero) is 1. The van der Waals surface area contributed by atoms with Gasteiger partial charge in [0.25, 0.3) is 0 Å². The van der Waals surface area contributed by atoms with Crippen molar-refractivity contribution in [3.63, 3.8) is 0 Å². The van der Waals surface area contributed by atoms with Gasteiger partial charge < -0.3 is 5.11 Å². The lowest BCUT2D eigenvalue weighted by Gasteiger charge is -2.11. The Morgan fingerprint density at radius 2 is 1.88 bits per heavy atom. The largest absolute Gasteiger partial charge is 0.481 e. The van der Waals surface area contributed by atoms with Gasteiger partial charge in [-0.05, 0) is 30.7 Å². The molecule has 1 aromatic carbocycles. The standard InChI is InChI=1S/C12H12BrClO3/c1-7(12(16)17)6-10(13)11(15)8-2-4-9(14)5-3-8/h2-5,7,10H,6H2,1H3,(H,16,17). The van der Waals surface area contributed by atoms with E-state index in [1.54, 1.807) is 31.2 Å². The van der Waals surface area contributed by atoms with Crippen molar-refractivity contribution in [2.24, 2.45) is 5.92 Å². The van der Waals surface area contributed by atoms with E-state index in [1.807, 2.05) is 0 Å². The normalized spacial score (nSPS) is 14.1. The number of alkyl halides is 1. The minimum atomic E-state index is -0.904. The van der Waals surface area contributed by atoms with Crippen LogP contribution in [0.15, 0.2) is 24.3 Å². The maximum Gasteiger partial charge on any atom is 0.306 e. The molecule has 2 atom stereocenters. The summed E-state index contributed by atoms with van der Waals surface area (Å²) in [6.45, 7) is 1.58. The minimum Gasteiger partial charge on any atom is -0.481 e. The van der Waals surface area contributed by atoms with Crippen molar-refractivity contribution in [1.29, 1.82) is 0 Å². The first kappa shape index (κ1) is 14.2. The van der Waals surface area contributed by atoms with Crippen LogP contribution in [0.4, 0.5) is 0 Å². The molecule has 5 heteroatoms. The van der Waals surface area contributed by atoms with Gasteiger partial charge in [0, 0.05) is 10.6 Å². The van der Waals surface area contributed by atoms with Gasteiger partial charge in [0.05, 0.1) is 10.7 Å². The van der Waals surface area contributed by atoms with Gasteiger partial charge in [0.2, 0.25) is 0 Å². The maximum atomic E-state index is 11.9. The zero-order valence-corrected chi connectivity index (χ0v) is 11.5. The van der Waals surface area contributed by atoms with Gasteiger partial charge in [0.1, 0.15) is 0 Å². The van der Waals surface area contributed by atoms with Crippen molar-refractivity contribution >= 4 is 39.3 Å². The minimum absolute atomic E-state index is 0.130. The number of aliphatic carboxylic acids is 1. The van der Waals surface area contributed by atoms with Crippen molar-refractivity contribution in [3.8, 4) is 0 Å². The van der Waals surface area contributed by atoms with Crippen molar-refractivity contribution in [1.82, 2.24) is 0 Å². The second kappa shape index (κ2) is 6.17. The molecular formula is C12H12BrClO3. The van der Waals surface area contributed by atoms with E-state index in [1.165, 1.54) is 0 Å². The highest BCUT2D eigenvalue weighted by molar-refractivity contribution is 9.10. The molecule has 0 aliphatic carbocycles. The van der Waals surface area contributed by atoms with Crippen LogP contribution in [-0.2, 0) is 4.79 Å². The Kier molecular flexibility index (Phi) is 5.15. The van der Waals surface area contributed by atoms with E-state index in [9.17, 15) is 9.59 Å². The number of hydrogen-bond donors (Lipinski definition) is 1. The van der Waals surface area contributed by atoms with Crippen molar-refractivity contribution in [2.45, 2.75) is 18.2 Å². The lowest BCUT2D eigenvalue weighted by molar-refractivity contribution is -0.141. The molecule has 0 heterocycles. The number of carbonyl (C=O) groups excluding carboxylic acids is 1. The van der Waals surface area contributed by atoms with E-state index in [-0.39, 0.29) is 12.2 Å². The zero-order chi connectivity index (χ0) is 13.0. The third-order valence-electron chi connectivity index (χ3n) is 2.40. The summed E-state index contributed by atoms with van der Waals surface area (Å²) >= 11 is 8.94. The summed E-state index contributed by atoms with van der Waals surface area (Å²) < 4.78 is 0. The Balaban J connectivity index is 2.70. The van der Waals surface area contributed by atoms with E-state index < -0.39 is 16.7 Å². The molecule has 0 spiro atoms. The van der Waals surface area contributed by atoms with Crippen molar-refractivity contribution in [3.05, 3.63) is 34.9 Å². The summed E-state index contributed by atoms with van der Waals surface area (Å²) in [7, 11) is 0. The van der Waals surface area contributed by atoms with Crippen molar-refractivity contribution in [2.75, 3.05) is 0 Å². The molecule has 0 saturated carbocycles. The van der Waals surface area contributed by atoms with E-state index >= 15 is 0 Å². The average Bonchev–Trinajstić information content (AvgIpc) is 2.28. The molecule has 2 unspecified atom stereocenters. The fourth-order valence-electron chi connectivity index (χ4n) is 1.31. The topological polar surface area (TPSA) is 54.4 Å². The second-order valence-electron chi connectivity index (χ2n) is 3.81. The fraction of sp³-hybridized carbons (Fsp3) is 0.333. The maximum absolute atomic E-state index is 11.9. The summed E-state index contributed by atoms with van der Waals surface area (Å²) in [6, 6.07) is 6.53. The van der Waals surface area contributed by atoms with Crippen LogP contribution in [-0.4, -0.2) is 21.7 Å². The molecule has 0 aliphatic rings. The number of benzene rings is 1. The van der Waals surface area contributed by atoms with Crippen LogP contribution >= 0.6 is 27.5 Å². The molecule has 3 nitrogen and oxygen atoms in total. The summed E-state index contributed by atoms with van der Waals surface area (Å²) in [5.74, 6) is -1.59. The smallest absolute Gasteiger partial charge is 0.306 e. The highest BCUT2D eigenvalue weighted by Gasteiger charge is 2.22. The van der Waals surface area contributed by atoms with Crippen LogP contribution in [0.2, 0.25) is 5.02 Å². The molecular weight excluding hydrogens is 307 g/mol.